The van der Waals surface area contributed by atoms with E-state index in [1.165, 1.54) is 0 Å². The van der Waals surface area contributed by atoms with E-state index in [-0.39, 0.29) is 5.75 Å². The van der Waals surface area contributed by atoms with Crippen LogP contribution in [0.25, 0.3) is 0 Å². The van der Waals surface area contributed by atoms with Crippen molar-refractivity contribution < 1.29 is 8.42 Å². The fourth-order valence-electron chi connectivity index (χ4n) is 1.27. The third kappa shape index (κ3) is 3.40. The third-order valence-electron chi connectivity index (χ3n) is 1.87. The van der Waals surface area contributed by atoms with E-state index in [1.807, 2.05) is 19.9 Å². The van der Waals surface area contributed by atoms with E-state index in [4.69, 9.17) is 10.7 Å². The normalized spacial score (nSPS) is 11.9. The molecule has 0 atom stereocenters. The Labute approximate surface area is 82.5 Å². The fourth-order valence-corrected chi connectivity index (χ4v) is 1.97. The van der Waals surface area contributed by atoms with Crippen LogP contribution in [0.1, 0.15) is 17.0 Å². The summed E-state index contributed by atoms with van der Waals surface area (Å²) in [7, 11) is 1.73. The number of aromatic nitrogens is 1. The molecule has 0 saturated carbocycles. The van der Waals surface area contributed by atoms with Crippen LogP contribution in [-0.4, -0.2) is 19.2 Å². The lowest BCUT2D eigenvalue weighted by Crippen LogP contribution is -2.01. The maximum absolute atomic E-state index is 10.7. The van der Waals surface area contributed by atoms with Crippen molar-refractivity contribution in [3.63, 3.8) is 0 Å². The van der Waals surface area contributed by atoms with E-state index >= 15 is 0 Å². The number of hydrogen-bond donors (Lipinski definition) is 1. The second-order valence-corrected chi connectivity index (χ2v) is 5.99. The summed E-state index contributed by atoms with van der Waals surface area (Å²) in [5.41, 5.74) is 3.07. The Bertz CT molecular complexity index is 394. The van der Waals surface area contributed by atoms with Gasteiger partial charge in [-0.05, 0) is 31.9 Å². The summed E-state index contributed by atoms with van der Waals surface area (Å²) in [6.45, 7) is 3.86. The summed E-state index contributed by atoms with van der Waals surface area (Å²) in [6.07, 6.45) is 0.474. The first kappa shape index (κ1) is 10.6. The molecule has 0 spiro atoms. The van der Waals surface area contributed by atoms with Gasteiger partial charge in [-0.3, -0.25) is 0 Å². The van der Waals surface area contributed by atoms with E-state index in [9.17, 15) is 8.42 Å². The Morgan fingerprint density at radius 3 is 2.46 bits per heavy atom. The summed E-state index contributed by atoms with van der Waals surface area (Å²) >= 11 is 0. The lowest BCUT2D eigenvalue weighted by molar-refractivity contribution is 0.609. The molecular weight excluding hydrogens is 210 g/mol. The fraction of sp³-hybridized carbons (Fsp3) is 0.500. The summed E-state index contributed by atoms with van der Waals surface area (Å²) in [6, 6.07) is 1.94. The molecule has 1 N–H and O–H groups in total. The first-order valence-corrected chi connectivity index (χ1v) is 6.44. The van der Waals surface area contributed by atoms with E-state index in [0.717, 1.165) is 17.0 Å². The molecule has 74 valence electrons. The van der Waals surface area contributed by atoms with Crippen LogP contribution in [0, 0.1) is 13.8 Å². The van der Waals surface area contributed by atoms with Gasteiger partial charge < -0.3 is 4.98 Å². The topological polar surface area (TPSA) is 49.9 Å². The zero-order valence-corrected chi connectivity index (χ0v) is 9.17. The highest BCUT2D eigenvalue weighted by molar-refractivity contribution is 8.13. The van der Waals surface area contributed by atoms with Gasteiger partial charge in [-0.2, -0.15) is 0 Å². The third-order valence-corrected chi connectivity index (χ3v) is 3.03. The summed E-state index contributed by atoms with van der Waals surface area (Å²) in [5.74, 6) is -0.00725. The van der Waals surface area contributed by atoms with Gasteiger partial charge in [-0.15, -0.1) is 0 Å². The Hall–Kier alpha value is -0.480. The quantitative estimate of drug-likeness (QED) is 0.791. The smallest absolute Gasteiger partial charge is 0.232 e. The number of H-pyrrole nitrogens is 1. The highest BCUT2D eigenvalue weighted by Crippen LogP contribution is 2.11. The molecule has 1 aromatic heterocycles. The zero-order chi connectivity index (χ0) is 10.1. The Balaban J connectivity index is 2.70. The average Bonchev–Trinajstić information content (AvgIpc) is 2.24. The van der Waals surface area contributed by atoms with Crippen molar-refractivity contribution in [2.45, 2.75) is 20.3 Å². The monoisotopic (exact) mass is 221 g/mol. The van der Waals surface area contributed by atoms with Crippen LogP contribution in [0.15, 0.2) is 6.07 Å². The minimum Gasteiger partial charge on any atom is -0.362 e. The molecule has 13 heavy (non-hydrogen) atoms. The molecule has 0 aliphatic carbocycles. The van der Waals surface area contributed by atoms with Crippen LogP contribution in [-0.2, 0) is 15.5 Å². The molecule has 0 radical (unpaired) electrons. The van der Waals surface area contributed by atoms with Crippen molar-refractivity contribution in [2.75, 3.05) is 5.75 Å². The van der Waals surface area contributed by atoms with E-state index in [1.54, 1.807) is 0 Å². The molecule has 0 bridgehead atoms. The highest BCUT2D eigenvalue weighted by Gasteiger charge is 2.08. The van der Waals surface area contributed by atoms with Gasteiger partial charge in [-0.25, -0.2) is 8.42 Å². The maximum Gasteiger partial charge on any atom is 0.232 e. The SMILES string of the molecule is Cc1cc(CCS(=O)(=O)Cl)c(C)[nH]1. The number of nitrogens with one attached hydrogen (secondary N) is 1. The molecule has 0 amide bonds. The first-order valence-electron chi connectivity index (χ1n) is 3.96. The Morgan fingerprint density at radius 1 is 1.46 bits per heavy atom. The largest absolute Gasteiger partial charge is 0.362 e. The highest BCUT2D eigenvalue weighted by atomic mass is 35.7. The molecule has 1 heterocycles. The van der Waals surface area contributed by atoms with Crippen molar-refractivity contribution in [1.29, 1.82) is 0 Å². The van der Waals surface area contributed by atoms with E-state index in [2.05, 4.69) is 4.98 Å². The number of aromatic amines is 1. The number of halogens is 1. The van der Waals surface area contributed by atoms with Crippen LogP contribution < -0.4 is 0 Å². The Kier molecular flexibility index (Phi) is 3.03. The second kappa shape index (κ2) is 3.72. The second-order valence-electron chi connectivity index (χ2n) is 3.10. The number of aryl methyl sites for hydroxylation is 3. The maximum atomic E-state index is 10.7. The van der Waals surface area contributed by atoms with E-state index in [0.29, 0.717) is 6.42 Å². The molecule has 1 aromatic rings. The van der Waals surface area contributed by atoms with Gasteiger partial charge in [0.1, 0.15) is 0 Å². The predicted molar refractivity (Wildman–Crippen MR) is 53.6 cm³/mol. The van der Waals surface area contributed by atoms with Gasteiger partial charge in [0.25, 0.3) is 0 Å². The molecule has 0 unspecified atom stereocenters. The summed E-state index contributed by atoms with van der Waals surface area (Å²) in [4.78, 5) is 3.11. The summed E-state index contributed by atoms with van der Waals surface area (Å²) in [5, 5.41) is 0. The molecular formula is C8H12ClNO2S. The summed E-state index contributed by atoms with van der Waals surface area (Å²) < 4.78 is 21.4. The zero-order valence-electron chi connectivity index (χ0n) is 7.59. The molecule has 5 heteroatoms. The van der Waals surface area contributed by atoms with Crippen molar-refractivity contribution in [3.8, 4) is 0 Å². The minimum absolute atomic E-state index is 0.00725. The van der Waals surface area contributed by atoms with Gasteiger partial charge in [0.2, 0.25) is 9.05 Å². The van der Waals surface area contributed by atoms with Crippen LogP contribution in [0.5, 0.6) is 0 Å². The van der Waals surface area contributed by atoms with Crippen molar-refractivity contribution >= 4 is 19.7 Å². The van der Waals surface area contributed by atoms with Crippen LogP contribution >= 0.6 is 10.7 Å². The Morgan fingerprint density at radius 2 is 2.08 bits per heavy atom. The van der Waals surface area contributed by atoms with Crippen LogP contribution in [0.3, 0.4) is 0 Å². The van der Waals surface area contributed by atoms with Crippen LogP contribution in [0.4, 0.5) is 0 Å². The van der Waals surface area contributed by atoms with Gasteiger partial charge >= 0.3 is 0 Å². The standard InChI is InChI=1S/C8H12ClNO2S/c1-6-5-8(7(2)10-6)3-4-13(9,11)12/h5,10H,3-4H2,1-2H3. The molecule has 0 aromatic carbocycles. The van der Waals surface area contributed by atoms with Crippen molar-refractivity contribution in [1.82, 2.24) is 4.98 Å². The minimum atomic E-state index is -3.37. The van der Waals surface area contributed by atoms with Gasteiger partial charge in [0.15, 0.2) is 0 Å². The molecule has 0 saturated heterocycles. The van der Waals surface area contributed by atoms with Crippen molar-refractivity contribution in [3.05, 3.63) is 23.0 Å². The molecule has 0 fully saturated rings. The predicted octanol–water partition coefficient (Wildman–Crippen LogP) is 1.74. The number of rotatable bonds is 3. The lowest BCUT2D eigenvalue weighted by atomic mass is 10.2. The molecule has 1 rings (SSSR count). The van der Waals surface area contributed by atoms with Crippen LogP contribution in [0.2, 0.25) is 0 Å². The molecule has 0 aliphatic heterocycles. The van der Waals surface area contributed by atoms with Gasteiger partial charge in [0, 0.05) is 22.1 Å². The van der Waals surface area contributed by atoms with Gasteiger partial charge in [-0.1, -0.05) is 0 Å². The van der Waals surface area contributed by atoms with Gasteiger partial charge in [0.05, 0.1) is 5.75 Å². The molecule has 3 nitrogen and oxygen atoms in total. The average molecular weight is 222 g/mol. The lowest BCUT2D eigenvalue weighted by Gasteiger charge is -1.96. The van der Waals surface area contributed by atoms with E-state index < -0.39 is 9.05 Å². The first-order chi connectivity index (χ1) is 5.88. The molecule has 0 aliphatic rings. The number of hydrogen-bond acceptors (Lipinski definition) is 2. The van der Waals surface area contributed by atoms with Crippen molar-refractivity contribution in [2.24, 2.45) is 0 Å².